The number of carbonyl (C=O) groups is 1. The number of nitrogens with zero attached hydrogens (tertiary/aromatic N) is 2. The van der Waals surface area contributed by atoms with Crippen LogP contribution in [0.3, 0.4) is 0 Å². The molecule has 3 aromatic rings. The van der Waals surface area contributed by atoms with Crippen molar-refractivity contribution in [2.24, 2.45) is 0 Å². The molecule has 24 heavy (non-hydrogen) atoms. The molecule has 7 heteroatoms. The van der Waals surface area contributed by atoms with E-state index in [-0.39, 0.29) is 16.8 Å². The maximum Gasteiger partial charge on any atom is 0.417 e. The van der Waals surface area contributed by atoms with Gasteiger partial charge >= 0.3 is 6.18 Å². The minimum absolute atomic E-state index is 0.0168. The van der Waals surface area contributed by atoms with Gasteiger partial charge in [0.1, 0.15) is 5.69 Å². The van der Waals surface area contributed by atoms with Gasteiger partial charge in [-0.3, -0.25) is 4.79 Å². The molecule has 3 nitrogen and oxygen atoms in total. The first kappa shape index (κ1) is 16.2. The van der Waals surface area contributed by atoms with Gasteiger partial charge in [0.25, 0.3) is 0 Å². The Bertz CT molecular complexity index is 928. The number of ketones is 1. The Morgan fingerprint density at radius 2 is 1.96 bits per heavy atom. The molecule has 0 saturated heterocycles. The van der Waals surface area contributed by atoms with Gasteiger partial charge in [0.2, 0.25) is 0 Å². The van der Waals surface area contributed by atoms with Crippen molar-refractivity contribution in [2.75, 3.05) is 6.67 Å². The quantitative estimate of drug-likeness (QED) is 0.522. The van der Waals surface area contributed by atoms with E-state index in [1.165, 1.54) is 0 Å². The van der Waals surface area contributed by atoms with Crippen LogP contribution in [0, 0.1) is 6.92 Å². The van der Waals surface area contributed by atoms with E-state index in [0.717, 1.165) is 28.4 Å². The highest BCUT2D eigenvalue weighted by atomic mass is 19.4. The first-order valence-electron chi connectivity index (χ1n) is 7.07. The van der Waals surface area contributed by atoms with Gasteiger partial charge in [-0.05, 0) is 25.1 Å². The molecule has 0 aliphatic carbocycles. The Morgan fingerprint density at radius 3 is 2.58 bits per heavy atom. The number of halogens is 4. The topological polar surface area (TPSA) is 34.4 Å². The first-order valence-corrected chi connectivity index (χ1v) is 7.07. The van der Waals surface area contributed by atoms with E-state index in [4.69, 9.17) is 0 Å². The van der Waals surface area contributed by atoms with Crippen LogP contribution in [0.1, 0.15) is 21.5 Å². The predicted molar refractivity (Wildman–Crippen MR) is 80.7 cm³/mol. The van der Waals surface area contributed by atoms with Crippen molar-refractivity contribution >= 4 is 11.3 Å². The van der Waals surface area contributed by atoms with Gasteiger partial charge in [0, 0.05) is 11.8 Å². The maximum absolute atomic E-state index is 13.0. The summed E-state index contributed by atoms with van der Waals surface area (Å²) in [6, 6.07) is 8.97. The highest BCUT2D eigenvalue weighted by Gasteiger charge is 2.32. The minimum Gasteiger partial charge on any atom is -0.291 e. The Morgan fingerprint density at radius 1 is 1.21 bits per heavy atom. The zero-order valence-corrected chi connectivity index (χ0v) is 12.6. The summed E-state index contributed by atoms with van der Waals surface area (Å²) in [4.78, 5) is 12.0. The molecule has 0 aliphatic heterocycles. The van der Waals surface area contributed by atoms with Gasteiger partial charge in [-0.1, -0.05) is 23.8 Å². The van der Waals surface area contributed by atoms with Gasteiger partial charge in [-0.2, -0.15) is 18.3 Å². The Balaban J connectivity index is 2.29. The van der Waals surface area contributed by atoms with Crippen molar-refractivity contribution in [3.63, 3.8) is 0 Å². The molecule has 0 atom stereocenters. The largest absolute Gasteiger partial charge is 0.417 e. The Hall–Kier alpha value is -2.70. The van der Waals surface area contributed by atoms with Crippen LogP contribution in [0.5, 0.6) is 0 Å². The van der Waals surface area contributed by atoms with Crippen LogP contribution >= 0.6 is 0 Å². The number of fused-ring (bicyclic) bond motifs is 1. The molecular weight excluding hydrogens is 324 g/mol. The standard InChI is InChI=1S/C17H12F4N2O/c1-10-3-2-4-11(7-10)16-15(14(24)8-18)13-6-5-12(17(19,20)21)9-23(13)22-16/h2-7,9H,8H2,1H3. The highest BCUT2D eigenvalue weighted by Crippen LogP contribution is 2.32. The summed E-state index contributed by atoms with van der Waals surface area (Å²) in [5.41, 5.74) is 0.829. The number of benzene rings is 1. The SMILES string of the molecule is Cc1cccc(-c2nn3cc(C(F)(F)F)ccc3c2C(=O)CF)c1. The van der Waals surface area contributed by atoms with E-state index in [9.17, 15) is 22.4 Å². The van der Waals surface area contributed by atoms with E-state index in [1.54, 1.807) is 18.2 Å². The van der Waals surface area contributed by atoms with E-state index in [1.807, 2.05) is 13.0 Å². The number of aromatic nitrogens is 2. The fourth-order valence-corrected chi connectivity index (χ4v) is 2.55. The average molecular weight is 336 g/mol. The van der Waals surface area contributed by atoms with Crippen LogP contribution < -0.4 is 0 Å². The molecule has 0 radical (unpaired) electrons. The zero-order chi connectivity index (χ0) is 17.5. The number of aryl methyl sites for hydroxylation is 1. The van der Waals surface area contributed by atoms with Gasteiger partial charge in [0.15, 0.2) is 12.5 Å². The second-order valence-electron chi connectivity index (χ2n) is 5.40. The molecule has 0 fully saturated rings. The molecule has 0 unspecified atom stereocenters. The Labute approximate surface area is 134 Å². The third-order valence-corrected chi connectivity index (χ3v) is 3.65. The van der Waals surface area contributed by atoms with Crippen LogP contribution in [0.25, 0.3) is 16.8 Å². The van der Waals surface area contributed by atoms with E-state index in [2.05, 4.69) is 5.10 Å². The summed E-state index contributed by atoms with van der Waals surface area (Å²) in [5, 5.41) is 4.10. The normalized spacial score (nSPS) is 11.9. The molecule has 124 valence electrons. The monoisotopic (exact) mass is 336 g/mol. The smallest absolute Gasteiger partial charge is 0.291 e. The van der Waals surface area contributed by atoms with Crippen molar-refractivity contribution in [3.05, 3.63) is 59.3 Å². The van der Waals surface area contributed by atoms with Crippen molar-refractivity contribution in [1.29, 1.82) is 0 Å². The summed E-state index contributed by atoms with van der Waals surface area (Å²) in [6.07, 6.45) is -3.74. The van der Waals surface area contributed by atoms with Crippen molar-refractivity contribution in [2.45, 2.75) is 13.1 Å². The van der Waals surface area contributed by atoms with Crippen LogP contribution in [-0.2, 0) is 6.18 Å². The zero-order valence-electron chi connectivity index (χ0n) is 12.6. The number of pyridine rings is 1. The number of carbonyl (C=O) groups excluding carboxylic acids is 1. The van der Waals surface area contributed by atoms with Crippen molar-refractivity contribution in [1.82, 2.24) is 9.61 Å². The van der Waals surface area contributed by atoms with Crippen LogP contribution in [0.2, 0.25) is 0 Å². The number of alkyl halides is 4. The summed E-state index contributed by atoms with van der Waals surface area (Å²) in [6.45, 7) is 0.582. The van der Waals surface area contributed by atoms with Gasteiger partial charge in [-0.15, -0.1) is 0 Å². The third-order valence-electron chi connectivity index (χ3n) is 3.65. The van der Waals surface area contributed by atoms with Gasteiger partial charge < -0.3 is 0 Å². The molecule has 0 bridgehead atoms. The fourth-order valence-electron chi connectivity index (χ4n) is 2.55. The first-order chi connectivity index (χ1) is 11.3. The van der Waals surface area contributed by atoms with Crippen LogP contribution in [0.15, 0.2) is 42.6 Å². The summed E-state index contributed by atoms with van der Waals surface area (Å²) in [7, 11) is 0. The van der Waals surface area contributed by atoms with Gasteiger partial charge in [-0.25, -0.2) is 8.91 Å². The van der Waals surface area contributed by atoms with Crippen molar-refractivity contribution < 1.29 is 22.4 Å². The second-order valence-corrected chi connectivity index (χ2v) is 5.40. The molecule has 0 spiro atoms. The molecule has 3 rings (SSSR count). The lowest BCUT2D eigenvalue weighted by Crippen LogP contribution is -2.07. The summed E-state index contributed by atoms with van der Waals surface area (Å²) in [5.74, 6) is -0.818. The van der Waals surface area contributed by atoms with Gasteiger partial charge in [0.05, 0.1) is 16.6 Å². The van der Waals surface area contributed by atoms with Crippen LogP contribution in [0.4, 0.5) is 17.6 Å². The molecule has 0 amide bonds. The third kappa shape index (κ3) is 2.77. The molecular formula is C17H12F4N2O. The number of hydrogen-bond donors (Lipinski definition) is 0. The molecule has 0 saturated carbocycles. The van der Waals surface area contributed by atoms with Crippen molar-refractivity contribution in [3.8, 4) is 11.3 Å². The summed E-state index contributed by atoms with van der Waals surface area (Å²) < 4.78 is 52.5. The van der Waals surface area contributed by atoms with E-state index >= 15 is 0 Å². The van der Waals surface area contributed by atoms with Crippen LogP contribution in [-0.4, -0.2) is 22.1 Å². The number of Topliss-reactive ketones (excluding diaryl/α,β-unsaturated/α-hetero) is 1. The lowest BCUT2D eigenvalue weighted by molar-refractivity contribution is -0.137. The second kappa shape index (κ2) is 5.74. The lowest BCUT2D eigenvalue weighted by Gasteiger charge is -2.06. The fraction of sp³-hybridized carbons (Fsp3) is 0.176. The molecule has 2 aromatic heterocycles. The van der Waals surface area contributed by atoms with E-state index in [0.29, 0.717) is 5.56 Å². The molecule has 0 N–H and O–H groups in total. The minimum atomic E-state index is -4.53. The lowest BCUT2D eigenvalue weighted by atomic mass is 10.0. The highest BCUT2D eigenvalue weighted by molar-refractivity contribution is 6.08. The number of rotatable bonds is 3. The summed E-state index contributed by atoms with van der Waals surface area (Å²) >= 11 is 0. The average Bonchev–Trinajstić information content (AvgIpc) is 2.92. The molecule has 1 aromatic carbocycles. The molecule has 2 heterocycles. The maximum atomic E-state index is 13.0. The van der Waals surface area contributed by atoms with E-state index < -0.39 is 24.2 Å². The number of hydrogen-bond acceptors (Lipinski definition) is 2. The Kier molecular flexibility index (Phi) is 3.87. The molecule has 0 aliphatic rings. The predicted octanol–water partition coefficient (Wildman–Crippen LogP) is 4.48.